The van der Waals surface area contributed by atoms with Crippen molar-refractivity contribution in [2.24, 2.45) is 0 Å². The van der Waals surface area contributed by atoms with Crippen LogP contribution in [-0.2, 0) is 19.2 Å². The van der Waals surface area contributed by atoms with Gasteiger partial charge >= 0.3 is 23.9 Å². The Morgan fingerprint density at radius 1 is 0.917 bits per heavy atom. The maximum Gasteiger partial charge on any atom is 0.338 e. The van der Waals surface area contributed by atoms with Crippen LogP contribution in [0.2, 0.25) is 0 Å². The van der Waals surface area contributed by atoms with Crippen molar-refractivity contribution >= 4 is 35.3 Å². The van der Waals surface area contributed by atoms with E-state index in [0.717, 1.165) is 18.2 Å². The lowest BCUT2D eigenvalue weighted by Crippen LogP contribution is -2.57. The second kappa shape index (κ2) is 7.04. The van der Waals surface area contributed by atoms with Gasteiger partial charge in [-0.3, -0.25) is 10.1 Å². The predicted octanol–water partition coefficient (Wildman–Crippen LogP) is -0.523. The van der Waals surface area contributed by atoms with E-state index in [-0.39, 0.29) is 4.90 Å². The number of hydrogen-bond donors (Lipinski definition) is 4. The summed E-state index contributed by atoms with van der Waals surface area (Å²) in [7, 11) is 0. The molecule has 24 heavy (non-hydrogen) atoms. The number of rotatable bonds is 8. The van der Waals surface area contributed by atoms with Crippen molar-refractivity contribution in [1.82, 2.24) is 0 Å². The van der Waals surface area contributed by atoms with E-state index in [2.05, 4.69) is 0 Å². The summed E-state index contributed by atoms with van der Waals surface area (Å²) in [5.74, 6) is -8.16. The highest BCUT2D eigenvalue weighted by atomic mass is 16.6. The lowest BCUT2D eigenvalue weighted by molar-refractivity contribution is -0.384. The Balaban J connectivity index is 3.64. The normalized spacial score (nSPS) is 10.4. The maximum absolute atomic E-state index is 11.2. The molecule has 0 aromatic heterocycles. The highest BCUT2D eigenvalue weighted by Gasteiger charge is 2.44. The van der Waals surface area contributed by atoms with E-state index in [9.17, 15) is 29.3 Å². The van der Waals surface area contributed by atoms with Crippen molar-refractivity contribution in [3.63, 3.8) is 0 Å². The van der Waals surface area contributed by atoms with Gasteiger partial charge < -0.3 is 25.3 Å². The van der Waals surface area contributed by atoms with Gasteiger partial charge in [0.25, 0.3) is 5.69 Å². The molecule has 1 aromatic rings. The Bertz CT molecular complexity index is 656. The molecule has 0 aliphatic heterocycles. The van der Waals surface area contributed by atoms with Crippen LogP contribution in [0.3, 0.4) is 0 Å². The smallest absolute Gasteiger partial charge is 0.338 e. The first kappa shape index (κ1) is 18.3. The van der Waals surface area contributed by atoms with Crippen LogP contribution in [0.1, 0.15) is 0 Å². The summed E-state index contributed by atoms with van der Waals surface area (Å²) in [6.07, 6.45) is 0. The van der Waals surface area contributed by atoms with E-state index in [0.29, 0.717) is 6.07 Å². The first-order valence-corrected chi connectivity index (χ1v) is 6.02. The Hall–Kier alpha value is -3.70. The molecule has 1 rings (SSSR count). The van der Waals surface area contributed by atoms with Crippen LogP contribution in [0.15, 0.2) is 24.3 Å². The molecular weight excluding hydrogens is 332 g/mol. The van der Waals surface area contributed by atoms with Crippen LogP contribution in [0, 0.1) is 10.1 Å². The fourth-order valence-electron chi connectivity index (χ4n) is 1.90. The fraction of sp³-hybridized carbons (Fsp3) is 0.167. The molecule has 0 radical (unpaired) electrons. The number of nitrogens with zero attached hydrogens (tertiary/aromatic N) is 2. The van der Waals surface area contributed by atoms with Crippen molar-refractivity contribution in [3.8, 4) is 0 Å². The third-order valence-electron chi connectivity index (χ3n) is 2.83. The quantitative estimate of drug-likeness (QED) is 0.269. The molecular formula is C12H10N2O10. The van der Waals surface area contributed by atoms with Crippen molar-refractivity contribution in [2.75, 3.05) is 4.90 Å². The van der Waals surface area contributed by atoms with Crippen LogP contribution in [0.4, 0.5) is 11.4 Å². The number of anilines is 1. The van der Waals surface area contributed by atoms with Gasteiger partial charge in [0.15, 0.2) is 0 Å². The Morgan fingerprint density at radius 3 is 1.67 bits per heavy atom. The molecule has 128 valence electrons. The number of aliphatic carboxylic acids is 4. The third kappa shape index (κ3) is 3.73. The van der Waals surface area contributed by atoms with Gasteiger partial charge in [-0.25, -0.2) is 19.2 Å². The summed E-state index contributed by atoms with van der Waals surface area (Å²) in [4.78, 5) is 54.7. The number of benzene rings is 1. The number of nitro benzene ring substituents is 1. The lowest BCUT2D eigenvalue weighted by atomic mass is 10.1. The average Bonchev–Trinajstić information content (AvgIpc) is 2.45. The van der Waals surface area contributed by atoms with Gasteiger partial charge in [0.2, 0.25) is 12.1 Å². The molecule has 12 nitrogen and oxygen atoms in total. The van der Waals surface area contributed by atoms with Gasteiger partial charge in [0, 0.05) is 17.8 Å². The van der Waals surface area contributed by atoms with Gasteiger partial charge in [0.05, 0.1) is 4.92 Å². The minimum Gasteiger partial charge on any atom is -0.479 e. The van der Waals surface area contributed by atoms with Crippen molar-refractivity contribution in [1.29, 1.82) is 0 Å². The number of hydrogen-bond acceptors (Lipinski definition) is 7. The highest BCUT2D eigenvalue weighted by Crippen LogP contribution is 2.25. The predicted molar refractivity (Wildman–Crippen MR) is 73.7 cm³/mol. The standard InChI is InChI=1S/C12H10N2O10/c15-9(16)7(10(17)18)13(8(11(19)20)12(21)22)5-2-1-3-6(4-5)14(23)24/h1-4,7-8H,(H,15,16)(H,17,18)(H,19,20)(H,21,22). The van der Waals surface area contributed by atoms with Gasteiger partial charge in [-0.1, -0.05) is 6.07 Å². The van der Waals surface area contributed by atoms with Crippen LogP contribution < -0.4 is 4.90 Å². The number of carbonyl (C=O) groups is 4. The second-order valence-electron chi connectivity index (χ2n) is 4.34. The molecule has 1 aromatic carbocycles. The van der Waals surface area contributed by atoms with E-state index in [4.69, 9.17) is 20.4 Å². The van der Waals surface area contributed by atoms with Crippen molar-refractivity contribution in [3.05, 3.63) is 34.4 Å². The summed E-state index contributed by atoms with van der Waals surface area (Å²) in [6.45, 7) is 0. The van der Waals surface area contributed by atoms with Gasteiger partial charge in [0.1, 0.15) is 0 Å². The number of carboxylic acid groups (broad SMARTS) is 4. The number of non-ortho nitro benzene ring substituents is 1. The molecule has 0 aliphatic rings. The van der Waals surface area contributed by atoms with E-state index < -0.39 is 52.3 Å². The SMILES string of the molecule is O=C(O)C(C(=O)O)N(c1cccc([N+](=O)[O-])c1)C(C(=O)O)C(=O)O. The van der Waals surface area contributed by atoms with Crippen LogP contribution in [-0.4, -0.2) is 61.3 Å². The molecule has 0 aliphatic carbocycles. The summed E-state index contributed by atoms with van der Waals surface area (Å²) in [5, 5.41) is 46.9. The molecule has 0 spiro atoms. The van der Waals surface area contributed by atoms with Crippen LogP contribution in [0.5, 0.6) is 0 Å². The molecule has 0 saturated carbocycles. The number of nitro groups is 1. The Kier molecular flexibility index (Phi) is 5.38. The Morgan fingerprint density at radius 2 is 1.33 bits per heavy atom. The topological polar surface area (TPSA) is 196 Å². The third-order valence-corrected chi connectivity index (χ3v) is 2.83. The summed E-state index contributed by atoms with van der Waals surface area (Å²) in [5.41, 5.74) is -1.17. The zero-order valence-corrected chi connectivity index (χ0v) is 11.6. The molecule has 0 bridgehead atoms. The zero-order chi connectivity index (χ0) is 18.6. The minimum absolute atomic E-state index is 0.0579. The summed E-state index contributed by atoms with van der Waals surface area (Å²) >= 11 is 0. The monoisotopic (exact) mass is 342 g/mol. The molecule has 0 atom stereocenters. The largest absolute Gasteiger partial charge is 0.479 e. The number of carboxylic acids is 4. The van der Waals surface area contributed by atoms with Crippen molar-refractivity contribution < 1.29 is 44.5 Å². The lowest BCUT2D eigenvalue weighted by Gasteiger charge is -2.31. The first-order valence-electron chi connectivity index (χ1n) is 6.02. The van der Waals surface area contributed by atoms with Crippen LogP contribution >= 0.6 is 0 Å². The van der Waals surface area contributed by atoms with Crippen molar-refractivity contribution in [2.45, 2.75) is 12.1 Å². The zero-order valence-electron chi connectivity index (χ0n) is 11.6. The van der Waals surface area contributed by atoms with Gasteiger partial charge in [-0.2, -0.15) is 0 Å². The summed E-state index contributed by atoms with van der Waals surface area (Å²) in [6, 6.07) is -1.53. The maximum atomic E-state index is 11.2. The fourth-order valence-corrected chi connectivity index (χ4v) is 1.90. The molecule has 0 unspecified atom stereocenters. The Labute approximate surface area is 132 Å². The molecule has 12 heteroatoms. The van der Waals surface area contributed by atoms with Gasteiger partial charge in [-0.15, -0.1) is 0 Å². The molecule has 4 N–H and O–H groups in total. The highest BCUT2D eigenvalue weighted by molar-refractivity contribution is 6.07. The van der Waals surface area contributed by atoms with E-state index in [1.54, 1.807) is 0 Å². The van der Waals surface area contributed by atoms with Crippen LogP contribution in [0.25, 0.3) is 0 Å². The summed E-state index contributed by atoms with van der Waals surface area (Å²) < 4.78 is 0. The van der Waals surface area contributed by atoms with E-state index >= 15 is 0 Å². The van der Waals surface area contributed by atoms with E-state index in [1.807, 2.05) is 0 Å². The minimum atomic E-state index is -2.59. The van der Waals surface area contributed by atoms with E-state index in [1.165, 1.54) is 0 Å². The molecule has 0 saturated heterocycles. The van der Waals surface area contributed by atoms with Gasteiger partial charge in [-0.05, 0) is 6.07 Å². The second-order valence-corrected chi connectivity index (χ2v) is 4.34. The first-order chi connectivity index (χ1) is 11.1. The molecule has 0 heterocycles. The molecule has 0 amide bonds. The molecule has 0 fully saturated rings. The average molecular weight is 342 g/mol.